The summed E-state index contributed by atoms with van der Waals surface area (Å²) in [5.41, 5.74) is 2.01. The van der Waals surface area contributed by atoms with Gasteiger partial charge >= 0.3 is 0 Å². The van der Waals surface area contributed by atoms with E-state index in [1.54, 1.807) is 6.07 Å². The van der Waals surface area contributed by atoms with E-state index in [4.69, 9.17) is 23.2 Å². The minimum Gasteiger partial charge on any atom is -0.394 e. The van der Waals surface area contributed by atoms with E-state index in [9.17, 15) is 5.11 Å². The van der Waals surface area contributed by atoms with Crippen LogP contribution in [0.15, 0.2) is 48.5 Å². The minimum atomic E-state index is -0.127. The second kappa shape index (κ2) is 7.09. The van der Waals surface area contributed by atoms with E-state index in [1.807, 2.05) is 49.4 Å². The molecule has 4 heteroatoms. The molecule has 0 aliphatic rings. The number of nitrogens with one attached hydrogen (secondary N) is 1. The zero-order chi connectivity index (χ0) is 14.5. The van der Waals surface area contributed by atoms with Crippen molar-refractivity contribution in [3.05, 3.63) is 69.7 Å². The molecule has 0 saturated heterocycles. The van der Waals surface area contributed by atoms with Crippen molar-refractivity contribution in [1.29, 1.82) is 0 Å². The Kier molecular flexibility index (Phi) is 5.44. The summed E-state index contributed by atoms with van der Waals surface area (Å²) >= 11 is 12.1. The fourth-order valence-electron chi connectivity index (χ4n) is 2.18. The Morgan fingerprint density at radius 2 is 1.80 bits per heavy atom. The summed E-state index contributed by atoms with van der Waals surface area (Å²) in [6.45, 7) is 2.04. The first-order chi connectivity index (χ1) is 9.61. The molecule has 2 aromatic carbocycles. The second-order valence-corrected chi connectivity index (χ2v) is 5.54. The molecule has 2 rings (SSSR count). The molecule has 0 saturated carbocycles. The normalized spacial score (nSPS) is 14.0. The van der Waals surface area contributed by atoms with E-state index in [2.05, 4.69) is 5.32 Å². The van der Waals surface area contributed by atoms with Crippen LogP contribution in [-0.2, 0) is 0 Å². The summed E-state index contributed by atoms with van der Waals surface area (Å²) in [7, 11) is 0. The highest BCUT2D eigenvalue weighted by molar-refractivity contribution is 6.35. The summed E-state index contributed by atoms with van der Waals surface area (Å²) in [6.07, 6.45) is 0. The zero-order valence-corrected chi connectivity index (χ0v) is 12.7. The summed E-state index contributed by atoms with van der Waals surface area (Å²) in [5.74, 6) is 0. The molecular weight excluding hydrogens is 293 g/mol. The van der Waals surface area contributed by atoms with Crippen molar-refractivity contribution in [2.75, 3.05) is 6.61 Å². The van der Waals surface area contributed by atoms with Gasteiger partial charge in [0, 0.05) is 16.1 Å². The average Bonchev–Trinajstić information content (AvgIpc) is 2.45. The van der Waals surface area contributed by atoms with Crippen molar-refractivity contribution in [3.8, 4) is 0 Å². The molecule has 0 radical (unpaired) electrons. The Morgan fingerprint density at radius 3 is 2.40 bits per heavy atom. The molecule has 106 valence electrons. The molecule has 2 aromatic rings. The van der Waals surface area contributed by atoms with Crippen LogP contribution in [0, 0.1) is 0 Å². The first-order valence-electron chi connectivity index (χ1n) is 6.48. The molecule has 2 nitrogen and oxygen atoms in total. The maximum atomic E-state index is 9.57. The van der Waals surface area contributed by atoms with Crippen molar-refractivity contribution in [1.82, 2.24) is 5.32 Å². The van der Waals surface area contributed by atoms with Gasteiger partial charge in [-0.3, -0.25) is 0 Å². The van der Waals surface area contributed by atoms with E-state index in [-0.39, 0.29) is 18.7 Å². The summed E-state index contributed by atoms with van der Waals surface area (Å²) in [6, 6.07) is 15.2. The van der Waals surface area contributed by atoms with Crippen molar-refractivity contribution < 1.29 is 5.11 Å². The largest absolute Gasteiger partial charge is 0.394 e. The van der Waals surface area contributed by atoms with Gasteiger partial charge in [0.05, 0.1) is 12.6 Å². The van der Waals surface area contributed by atoms with E-state index in [0.717, 1.165) is 11.1 Å². The van der Waals surface area contributed by atoms with Crippen LogP contribution < -0.4 is 5.32 Å². The highest BCUT2D eigenvalue weighted by Gasteiger charge is 2.16. The fraction of sp³-hybridized carbons (Fsp3) is 0.250. The second-order valence-electron chi connectivity index (χ2n) is 4.70. The maximum absolute atomic E-state index is 9.57. The standard InChI is InChI=1S/C16H17Cl2NO/c1-11(14-8-7-13(17)9-15(14)18)19-16(10-20)12-5-3-2-4-6-12/h2-9,11,16,19-20H,10H2,1H3/t11?,16-/m0/s1. The summed E-state index contributed by atoms with van der Waals surface area (Å²) in [4.78, 5) is 0. The lowest BCUT2D eigenvalue weighted by Gasteiger charge is -2.23. The topological polar surface area (TPSA) is 32.3 Å². The Labute approximate surface area is 129 Å². The molecular formula is C16H17Cl2NO. The van der Waals surface area contributed by atoms with Crippen LogP contribution in [0.1, 0.15) is 30.1 Å². The smallest absolute Gasteiger partial charge is 0.0626 e. The Hall–Kier alpha value is -1.06. The molecule has 0 bridgehead atoms. The van der Waals surface area contributed by atoms with Gasteiger partial charge in [-0.25, -0.2) is 0 Å². The number of benzene rings is 2. The molecule has 0 aliphatic heterocycles. The van der Waals surface area contributed by atoms with Crippen LogP contribution in [0.2, 0.25) is 10.0 Å². The molecule has 20 heavy (non-hydrogen) atoms. The van der Waals surface area contributed by atoms with E-state index in [0.29, 0.717) is 10.0 Å². The third-order valence-electron chi connectivity index (χ3n) is 3.26. The third kappa shape index (κ3) is 3.74. The Balaban J connectivity index is 2.15. The highest BCUT2D eigenvalue weighted by atomic mass is 35.5. The number of aliphatic hydroxyl groups is 1. The lowest BCUT2D eigenvalue weighted by molar-refractivity contribution is 0.235. The van der Waals surface area contributed by atoms with Crippen molar-refractivity contribution >= 4 is 23.2 Å². The summed E-state index contributed by atoms with van der Waals surface area (Å²) < 4.78 is 0. The predicted molar refractivity (Wildman–Crippen MR) is 84.3 cm³/mol. The predicted octanol–water partition coefficient (Wildman–Crippen LogP) is 4.38. The van der Waals surface area contributed by atoms with Crippen molar-refractivity contribution in [3.63, 3.8) is 0 Å². The van der Waals surface area contributed by atoms with Gasteiger partial charge in [0.15, 0.2) is 0 Å². The Morgan fingerprint density at radius 1 is 1.10 bits per heavy atom. The van der Waals surface area contributed by atoms with Gasteiger partial charge in [-0.1, -0.05) is 59.6 Å². The van der Waals surface area contributed by atoms with Crippen LogP contribution in [0.25, 0.3) is 0 Å². The molecule has 0 spiro atoms. The number of rotatable bonds is 5. The molecule has 0 aliphatic carbocycles. The SMILES string of the molecule is CC(N[C@@H](CO)c1ccccc1)c1ccc(Cl)cc1Cl. The molecule has 0 aromatic heterocycles. The molecule has 0 amide bonds. The van der Waals surface area contributed by atoms with Gasteiger partial charge in [-0.15, -0.1) is 0 Å². The van der Waals surface area contributed by atoms with E-state index in [1.165, 1.54) is 0 Å². The van der Waals surface area contributed by atoms with Crippen LogP contribution in [0.4, 0.5) is 0 Å². The molecule has 2 N–H and O–H groups in total. The maximum Gasteiger partial charge on any atom is 0.0626 e. The average molecular weight is 310 g/mol. The van der Waals surface area contributed by atoms with Gasteiger partial charge in [0.25, 0.3) is 0 Å². The zero-order valence-electron chi connectivity index (χ0n) is 11.2. The monoisotopic (exact) mass is 309 g/mol. The first kappa shape index (κ1) is 15.3. The number of hydrogen-bond acceptors (Lipinski definition) is 2. The molecule has 1 unspecified atom stereocenters. The number of aliphatic hydroxyl groups excluding tert-OH is 1. The highest BCUT2D eigenvalue weighted by Crippen LogP contribution is 2.27. The fourth-order valence-corrected chi connectivity index (χ4v) is 2.76. The van der Waals surface area contributed by atoms with Crippen LogP contribution in [0.5, 0.6) is 0 Å². The minimum absolute atomic E-state index is 0.0112. The summed E-state index contributed by atoms with van der Waals surface area (Å²) in [5, 5.41) is 14.2. The van der Waals surface area contributed by atoms with Crippen molar-refractivity contribution in [2.45, 2.75) is 19.0 Å². The Bertz CT molecular complexity index is 560. The molecule has 0 fully saturated rings. The van der Waals surface area contributed by atoms with Gasteiger partial charge in [0.2, 0.25) is 0 Å². The van der Waals surface area contributed by atoms with E-state index >= 15 is 0 Å². The van der Waals surface area contributed by atoms with Gasteiger partial charge in [0.1, 0.15) is 0 Å². The first-order valence-corrected chi connectivity index (χ1v) is 7.24. The van der Waals surface area contributed by atoms with E-state index < -0.39 is 0 Å². The lowest BCUT2D eigenvalue weighted by atomic mass is 10.0. The lowest BCUT2D eigenvalue weighted by Crippen LogP contribution is -2.27. The van der Waals surface area contributed by atoms with Gasteiger partial charge in [-0.2, -0.15) is 0 Å². The number of hydrogen-bond donors (Lipinski definition) is 2. The third-order valence-corrected chi connectivity index (χ3v) is 3.83. The van der Waals surface area contributed by atoms with Gasteiger partial charge in [-0.05, 0) is 30.2 Å². The van der Waals surface area contributed by atoms with Crippen LogP contribution >= 0.6 is 23.2 Å². The van der Waals surface area contributed by atoms with Crippen LogP contribution in [-0.4, -0.2) is 11.7 Å². The molecule has 0 heterocycles. The van der Waals surface area contributed by atoms with Crippen LogP contribution in [0.3, 0.4) is 0 Å². The molecule has 2 atom stereocenters. The number of halogens is 2. The van der Waals surface area contributed by atoms with Gasteiger partial charge < -0.3 is 10.4 Å². The van der Waals surface area contributed by atoms with Crippen molar-refractivity contribution in [2.24, 2.45) is 0 Å². The quantitative estimate of drug-likeness (QED) is 0.859.